The molecule has 1 aliphatic heterocycles. The normalized spacial score (nSPS) is 15.2. The lowest BCUT2D eigenvalue weighted by Gasteiger charge is -2.09. The number of nitrogens with one attached hydrogen (secondary N) is 1. The lowest BCUT2D eigenvalue weighted by Crippen LogP contribution is -2.28. The van der Waals surface area contributed by atoms with Crippen molar-refractivity contribution < 1.29 is 24.2 Å². The van der Waals surface area contributed by atoms with E-state index >= 15 is 0 Å². The molecular formula is C19H14NO5-. The standard InChI is InChI=1S/C19H15NO5/c1-24-14-9-5-6-12(10-14)11-15-17(21)16(19(22)23)18(25-15)20-13-7-3-2-4-8-13/h2-11,20H,1H3,(H,22,23)/p-1/b15-11-. The molecule has 2 aromatic carbocycles. The van der Waals surface area contributed by atoms with Gasteiger partial charge in [-0.3, -0.25) is 4.79 Å². The summed E-state index contributed by atoms with van der Waals surface area (Å²) in [6.45, 7) is 0. The Balaban J connectivity index is 1.92. The number of rotatable bonds is 5. The van der Waals surface area contributed by atoms with Gasteiger partial charge < -0.3 is 24.7 Å². The fourth-order valence-electron chi connectivity index (χ4n) is 2.34. The Morgan fingerprint density at radius 1 is 1.16 bits per heavy atom. The Bertz CT molecular complexity index is 884. The van der Waals surface area contributed by atoms with Crippen LogP contribution in [0.5, 0.6) is 5.75 Å². The van der Waals surface area contributed by atoms with Crippen LogP contribution in [0, 0.1) is 0 Å². The number of para-hydroxylation sites is 1. The van der Waals surface area contributed by atoms with Gasteiger partial charge in [-0.1, -0.05) is 30.3 Å². The number of ether oxygens (including phenoxy) is 2. The summed E-state index contributed by atoms with van der Waals surface area (Å²) in [4.78, 5) is 23.7. The zero-order chi connectivity index (χ0) is 17.8. The van der Waals surface area contributed by atoms with Crippen LogP contribution in [0.1, 0.15) is 5.56 Å². The van der Waals surface area contributed by atoms with Crippen molar-refractivity contribution in [3.05, 3.63) is 77.4 Å². The van der Waals surface area contributed by atoms with E-state index < -0.39 is 17.3 Å². The van der Waals surface area contributed by atoms with Gasteiger partial charge in [0.1, 0.15) is 11.3 Å². The molecule has 0 amide bonds. The largest absolute Gasteiger partial charge is 0.544 e. The Morgan fingerprint density at radius 3 is 2.60 bits per heavy atom. The number of ketones is 1. The van der Waals surface area contributed by atoms with E-state index in [1.54, 1.807) is 48.5 Å². The third-order valence-electron chi connectivity index (χ3n) is 3.52. The van der Waals surface area contributed by atoms with E-state index in [1.165, 1.54) is 13.2 Å². The second kappa shape index (κ2) is 6.92. The number of benzene rings is 2. The molecule has 0 unspecified atom stereocenters. The Kier molecular flexibility index (Phi) is 4.52. The quantitative estimate of drug-likeness (QED) is 0.661. The van der Waals surface area contributed by atoms with Gasteiger partial charge >= 0.3 is 0 Å². The van der Waals surface area contributed by atoms with Crippen molar-refractivity contribution in [3.8, 4) is 5.75 Å². The number of carbonyl (C=O) groups excluding carboxylic acids is 2. The molecule has 0 aromatic heterocycles. The summed E-state index contributed by atoms with van der Waals surface area (Å²) in [5, 5.41) is 14.1. The molecule has 0 bridgehead atoms. The van der Waals surface area contributed by atoms with Gasteiger partial charge in [-0.05, 0) is 35.9 Å². The second-order valence-electron chi connectivity index (χ2n) is 5.20. The van der Waals surface area contributed by atoms with Crippen LogP contribution in [0.25, 0.3) is 6.08 Å². The van der Waals surface area contributed by atoms with Crippen LogP contribution in [-0.2, 0) is 14.3 Å². The van der Waals surface area contributed by atoms with Crippen molar-refractivity contribution in [2.45, 2.75) is 0 Å². The number of hydrogen-bond acceptors (Lipinski definition) is 6. The van der Waals surface area contributed by atoms with Gasteiger partial charge in [0.05, 0.1) is 13.1 Å². The third kappa shape index (κ3) is 3.53. The highest BCUT2D eigenvalue weighted by Crippen LogP contribution is 2.28. The van der Waals surface area contributed by atoms with Gasteiger partial charge in [-0.25, -0.2) is 0 Å². The average molecular weight is 336 g/mol. The van der Waals surface area contributed by atoms with E-state index in [4.69, 9.17) is 9.47 Å². The Hall–Kier alpha value is -3.54. The van der Waals surface area contributed by atoms with Crippen molar-refractivity contribution in [1.29, 1.82) is 0 Å². The van der Waals surface area contributed by atoms with E-state index in [0.717, 1.165) is 0 Å². The fourth-order valence-corrected chi connectivity index (χ4v) is 2.34. The molecule has 126 valence electrons. The number of carboxylic acid groups (broad SMARTS) is 1. The zero-order valence-corrected chi connectivity index (χ0v) is 13.3. The van der Waals surface area contributed by atoms with Crippen LogP contribution >= 0.6 is 0 Å². The first-order chi connectivity index (χ1) is 12.1. The minimum Gasteiger partial charge on any atom is -0.544 e. The molecule has 25 heavy (non-hydrogen) atoms. The maximum absolute atomic E-state index is 12.4. The molecule has 6 heteroatoms. The predicted octanol–water partition coefficient (Wildman–Crippen LogP) is 1.71. The highest BCUT2D eigenvalue weighted by Gasteiger charge is 2.31. The smallest absolute Gasteiger partial charge is 0.235 e. The predicted molar refractivity (Wildman–Crippen MR) is 89.2 cm³/mol. The molecule has 1 heterocycles. The van der Waals surface area contributed by atoms with Gasteiger partial charge in [0.15, 0.2) is 5.76 Å². The molecule has 3 rings (SSSR count). The number of Topliss-reactive ketones (excluding diaryl/α,β-unsaturated/α-hetero) is 1. The van der Waals surface area contributed by atoms with Gasteiger partial charge in [0, 0.05) is 5.69 Å². The van der Waals surface area contributed by atoms with E-state index in [0.29, 0.717) is 17.0 Å². The molecule has 0 fully saturated rings. The number of methoxy groups -OCH3 is 1. The van der Waals surface area contributed by atoms with Crippen LogP contribution < -0.4 is 15.2 Å². The third-order valence-corrected chi connectivity index (χ3v) is 3.52. The van der Waals surface area contributed by atoms with Gasteiger partial charge in [-0.15, -0.1) is 0 Å². The van der Waals surface area contributed by atoms with Crippen LogP contribution in [-0.4, -0.2) is 18.9 Å². The number of allylic oxidation sites excluding steroid dienone is 1. The maximum Gasteiger partial charge on any atom is 0.235 e. The van der Waals surface area contributed by atoms with Gasteiger partial charge in [0.25, 0.3) is 0 Å². The number of hydrogen-bond donors (Lipinski definition) is 1. The minimum absolute atomic E-state index is 0.106. The Labute approximate surface area is 144 Å². The molecule has 6 nitrogen and oxygen atoms in total. The van der Waals surface area contributed by atoms with Crippen molar-refractivity contribution in [3.63, 3.8) is 0 Å². The first-order valence-electron chi connectivity index (χ1n) is 7.44. The number of anilines is 1. The van der Waals surface area contributed by atoms with Gasteiger partial charge in [-0.2, -0.15) is 0 Å². The van der Waals surface area contributed by atoms with Crippen LogP contribution in [0.3, 0.4) is 0 Å². The lowest BCUT2D eigenvalue weighted by molar-refractivity contribution is -0.298. The van der Waals surface area contributed by atoms with Crippen LogP contribution in [0.2, 0.25) is 0 Å². The molecule has 2 aromatic rings. The number of aliphatic carboxylic acids is 1. The number of carboxylic acids is 1. The zero-order valence-electron chi connectivity index (χ0n) is 13.3. The van der Waals surface area contributed by atoms with Crippen molar-refractivity contribution in [1.82, 2.24) is 0 Å². The Morgan fingerprint density at radius 2 is 1.92 bits per heavy atom. The molecule has 0 radical (unpaired) electrons. The second-order valence-corrected chi connectivity index (χ2v) is 5.20. The number of carbonyl (C=O) groups is 2. The lowest BCUT2D eigenvalue weighted by atomic mass is 10.1. The fraction of sp³-hybridized carbons (Fsp3) is 0.0526. The topological polar surface area (TPSA) is 87.7 Å². The summed E-state index contributed by atoms with van der Waals surface area (Å²) < 4.78 is 10.6. The monoisotopic (exact) mass is 336 g/mol. The first kappa shape index (κ1) is 16.3. The molecule has 1 N–H and O–H groups in total. The molecule has 0 saturated carbocycles. The summed E-state index contributed by atoms with van der Waals surface area (Å²) in [6, 6.07) is 15.7. The molecule has 1 aliphatic rings. The summed E-state index contributed by atoms with van der Waals surface area (Å²) in [5.41, 5.74) is 0.686. The van der Waals surface area contributed by atoms with E-state index in [2.05, 4.69) is 5.32 Å². The summed E-state index contributed by atoms with van der Waals surface area (Å²) >= 11 is 0. The summed E-state index contributed by atoms with van der Waals surface area (Å²) in [5.74, 6) is -2.01. The van der Waals surface area contributed by atoms with E-state index in [-0.39, 0.29) is 11.6 Å². The molecule has 0 saturated heterocycles. The van der Waals surface area contributed by atoms with Crippen molar-refractivity contribution in [2.24, 2.45) is 0 Å². The molecule has 0 atom stereocenters. The van der Waals surface area contributed by atoms with E-state index in [1.807, 2.05) is 6.07 Å². The maximum atomic E-state index is 12.4. The van der Waals surface area contributed by atoms with Crippen molar-refractivity contribution in [2.75, 3.05) is 12.4 Å². The summed E-state index contributed by atoms with van der Waals surface area (Å²) in [7, 11) is 1.53. The average Bonchev–Trinajstić information content (AvgIpc) is 2.91. The van der Waals surface area contributed by atoms with Crippen molar-refractivity contribution >= 4 is 23.5 Å². The molecule has 0 aliphatic carbocycles. The minimum atomic E-state index is -1.60. The van der Waals surface area contributed by atoms with E-state index in [9.17, 15) is 14.7 Å². The van der Waals surface area contributed by atoms with Gasteiger partial charge in [0.2, 0.25) is 11.7 Å². The molecule has 0 spiro atoms. The van der Waals surface area contributed by atoms with Crippen LogP contribution in [0.15, 0.2) is 71.8 Å². The molecular weight excluding hydrogens is 322 g/mol. The first-order valence-corrected chi connectivity index (χ1v) is 7.44. The SMILES string of the molecule is COc1cccc(/C=C2\OC(Nc3ccccc3)=C(C(=O)[O-])C2=O)c1. The highest BCUT2D eigenvalue weighted by atomic mass is 16.5. The summed E-state index contributed by atoms with van der Waals surface area (Å²) in [6.07, 6.45) is 1.45. The highest BCUT2D eigenvalue weighted by molar-refractivity contribution is 6.25. The van der Waals surface area contributed by atoms with Crippen LogP contribution in [0.4, 0.5) is 5.69 Å².